The van der Waals surface area contributed by atoms with Gasteiger partial charge in [-0.15, -0.1) is 0 Å². The molecule has 1 aromatic rings. The normalized spacial score (nSPS) is 12.5. The van der Waals surface area contributed by atoms with E-state index < -0.39 is 0 Å². The van der Waals surface area contributed by atoms with Crippen LogP contribution >= 0.6 is 11.6 Å². The number of nitrogens with zero attached hydrogens (tertiary/aromatic N) is 4. The SMILES string of the molecule is C=N/C(=C(/C(=O)N(C)CCCO)N(COCCOC(C)CCC)Cc1ccc(Cl)cc1)N(C)C=O. The van der Waals surface area contributed by atoms with Gasteiger partial charge in [-0.05, 0) is 44.2 Å². The van der Waals surface area contributed by atoms with E-state index in [-0.39, 0.29) is 36.9 Å². The minimum Gasteiger partial charge on any atom is -0.396 e. The first-order chi connectivity index (χ1) is 16.8. The number of aliphatic hydroxyl groups excluding tert-OH is 1. The first-order valence-corrected chi connectivity index (χ1v) is 12.1. The van der Waals surface area contributed by atoms with E-state index >= 15 is 0 Å². The highest BCUT2D eigenvalue weighted by Gasteiger charge is 2.27. The van der Waals surface area contributed by atoms with Gasteiger partial charge < -0.3 is 29.3 Å². The predicted octanol–water partition coefficient (Wildman–Crippen LogP) is 3.12. The Hall–Kier alpha value is -2.46. The number of aliphatic imine (C=N–C) groups is 1. The van der Waals surface area contributed by atoms with Crippen LogP contribution in [-0.4, -0.2) is 92.1 Å². The maximum Gasteiger partial charge on any atom is 0.273 e. The minimum absolute atomic E-state index is 0.0501. The lowest BCUT2D eigenvalue weighted by Crippen LogP contribution is -2.40. The van der Waals surface area contributed by atoms with Gasteiger partial charge in [0.1, 0.15) is 12.4 Å². The third kappa shape index (κ3) is 10.8. The van der Waals surface area contributed by atoms with Crippen LogP contribution in [0.4, 0.5) is 0 Å². The Bertz CT molecular complexity index is 819. The summed E-state index contributed by atoms with van der Waals surface area (Å²) in [7, 11) is 3.13. The summed E-state index contributed by atoms with van der Waals surface area (Å²) in [5.41, 5.74) is 1.04. The van der Waals surface area contributed by atoms with Gasteiger partial charge in [0.05, 0.1) is 19.3 Å². The van der Waals surface area contributed by atoms with E-state index in [1.54, 1.807) is 24.1 Å². The van der Waals surface area contributed by atoms with E-state index in [1.807, 2.05) is 19.1 Å². The highest BCUT2D eigenvalue weighted by molar-refractivity contribution is 6.30. The molecule has 0 heterocycles. The standard InChI is InChI=1S/C25H39ClN4O5/c1-6-8-20(2)35-16-15-34-19-30(17-21-9-11-22(26)12-10-21)23(24(27-3)29(5)18-32)25(33)28(4)13-7-14-31/h9-12,18,20,31H,3,6-8,13-17,19H2,1-2,4-5H3/b24-23+. The van der Waals surface area contributed by atoms with Crippen LogP contribution in [0.3, 0.4) is 0 Å². The first-order valence-electron chi connectivity index (χ1n) is 11.7. The maximum atomic E-state index is 13.5. The minimum atomic E-state index is -0.375. The molecule has 0 aliphatic heterocycles. The summed E-state index contributed by atoms with van der Waals surface area (Å²) in [5, 5.41) is 9.79. The van der Waals surface area contributed by atoms with Crippen molar-refractivity contribution in [2.75, 3.05) is 47.2 Å². The molecule has 196 valence electrons. The van der Waals surface area contributed by atoms with Crippen LogP contribution in [0.25, 0.3) is 0 Å². The molecule has 0 bridgehead atoms. The largest absolute Gasteiger partial charge is 0.396 e. The highest BCUT2D eigenvalue weighted by atomic mass is 35.5. The molecule has 0 saturated heterocycles. The molecular weight excluding hydrogens is 472 g/mol. The van der Waals surface area contributed by atoms with Gasteiger partial charge >= 0.3 is 0 Å². The fourth-order valence-electron chi connectivity index (χ4n) is 3.34. The number of amides is 2. The van der Waals surface area contributed by atoms with Crippen LogP contribution in [0.2, 0.25) is 5.02 Å². The van der Waals surface area contributed by atoms with E-state index in [4.69, 9.17) is 21.1 Å². The van der Waals surface area contributed by atoms with E-state index in [0.29, 0.717) is 44.2 Å². The zero-order chi connectivity index (χ0) is 26.2. The van der Waals surface area contributed by atoms with Gasteiger partial charge in [0, 0.05) is 38.8 Å². The van der Waals surface area contributed by atoms with Crippen LogP contribution < -0.4 is 0 Å². The Labute approximate surface area is 213 Å². The lowest BCUT2D eigenvalue weighted by molar-refractivity contribution is -0.129. The first kappa shape index (κ1) is 30.6. The lowest BCUT2D eigenvalue weighted by Gasteiger charge is -2.31. The summed E-state index contributed by atoms with van der Waals surface area (Å²) in [6.45, 7) is 9.07. The summed E-state index contributed by atoms with van der Waals surface area (Å²) < 4.78 is 11.6. The predicted molar refractivity (Wildman–Crippen MR) is 138 cm³/mol. The van der Waals surface area contributed by atoms with Gasteiger partial charge in [0.25, 0.3) is 5.91 Å². The molecule has 35 heavy (non-hydrogen) atoms. The Morgan fingerprint density at radius 2 is 1.94 bits per heavy atom. The van der Waals surface area contributed by atoms with Gasteiger partial charge in [-0.3, -0.25) is 9.59 Å². The summed E-state index contributed by atoms with van der Waals surface area (Å²) in [5.74, 6) is -0.272. The van der Waals surface area contributed by atoms with Crippen molar-refractivity contribution in [2.45, 2.75) is 45.8 Å². The van der Waals surface area contributed by atoms with Crippen LogP contribution in [0.5, 0.6) is 0 Å². The van der Waals surface area contributed by atoms with Crippen LogP contribution in [0.1, 0.15) is 38.7 Å². The van der Waals surface area contributed by atoms with Crippen molar-refractivity contribution >= 4 is 30.6 Å². The number of rotatable bonds is 18. The second-order valence-electron chi connectivity index (χ2n) is 8.18. The molecule has 1 rings (SSSR count). The van der Waals surface area contributed by atoms with Crippen LogP contribution in [-0.2, 0) is 25.6 Å². The topological polar surface area (TPSA) is 94.9 Å². The van der Waals surface area contributed by atoms with E-state index in [1.165, 1.54) is 16.8 Å². The van der Waals surface area contributed by atoms with Gasteiger partial charge in [0.15, 0.2) is 5.82 Å². The Morgan fingerprint density at radius 1 is 1.26 bits per heavy atom. The Kier molecular flexibility index (Phi) is 14.9. The molecule has 1 unspecified atom stereocenters. The summed E-state index contributed by atoms with van der Waals surface area (Å²) in [4.78, 5) is 33.5. The number of halogens is 1. The molecule has 1 N–H and O–H groups in total. The van der Waals surface area contributed by atoms with Crippen molar-refractivity contribution in [3.05, 3.63) is 46.4 Å². The van der Waals surface area contributed by atoms with Crippen molar-refractivity contribution < 1.29 is 24.2 Å². The quantitative estimate of drug-likeness (QED) is 0.107. The van der Waals surface area contributed by atoms with Crippen molar-refractivity contribution in [1.29, 1.82) is 0 Å². The third-order valence-electron chi connectivity index (χ3n) is 5.23. The van der Waals surface area contributed by atoms with Gasteiger partial charge in [0.2, 0.25) is 6.41 Å². The van der Waals surface area contributed by atoms with Crippen molar-refractivity contribution in [2.24, 2.45) is 4.99 Å². The zero-order valence-electron chi connectivity index (χ0n) is 21.3. The van der Waals surface area contributed by atoms with Crippen molar-refractivity contribution in [3.63, 3.8) is 0 Å². The summed E-state index contributed by atoms with van der Waals surface area (Å²) in [6.07, 6.45) is 3.13. The molecule has 2 amide bonds. The number of carbonyl (C=O) groups is 2. The molecule has 9 nitrogen and oxygen atoms in total. The maximum absolute atomic E-state index is 13.5. The van der Waals surface area contributed by atoms with Crippen LogP contribution in [0.15, 0.2) is 40.8 Å². The fourth-order valence-corrected chi connectivity index (χ4v) is 3.46. The number of benzene rings is 1. The second kappa shape index (κ2) is 17.0. The van der Waals surface area contributed by atoms with Crippen LogP contribution in [0, 0.1) is 0 Å². The third-order valence-corrected chi connectivity index (χ3v) is 5.48. The molecule has 1 atom stereocenters. The van der Waals surface area contributed by atoms with E-state index in [2.05, 4.69) is 18.6 Å². The van der Waals surface area contributed by atoms with Gasteiger partial charge in [-0.1, -0.05) is 37.1 Å². The molecule has 0 aromatic heterocycles. The number of hydrogen-bond acceptors (Lipinski definition) is 7. The monoisotopic (exact) mass is 510 g/mol. The molecule has 0 aliphatic carbocycles. The smallest absolute Gasteiger partial charge is 0.273 e. The van der Waals surface area contributed by atoms with Gasteiger partial charge in [-0.25, -0.2) is 4.99 Å². The Morgan fingerprint density at radius 3 is 2.51 bits per heavy atom. The zero-order valence-corrected chi connectivity index (χ0v) is 22.0. The molecule has 0 spiro atoms. The number of likely N-dealkylation sites (N-methyl/N-ethyl adjacent to an activating group) is 1. The van der Waals surface area contributed by atoms with E-state index in [9.17, 15) is 14.7 Å². The molecule has 1 aromatic carbocycles. The van der Waals surface area contributed by atoms with E-state index in [0.717, 1.165) is 18.4 Å². The molecule has 0 saturated carbocycles. The molecule has 0 fully saturated rings. The number of carbonyl (C=O) groups excluding carboxylic acids is 2. The average molecular weight is 511 g/mol. The number of aliphatic hydroxyl groups is 1. The highest BCUT2D eigenvalue weighted by Crippen LogP contribution is 2.21. The molecule has 10 heteroatoms. The van der Waals surface area contributed by atoms with Crippen molar-refractivity contribution in [3.8, 4) is 0 Å². The summed E-state index contributed by atoms with van der Waals surface area (Å²) >= 11 is 6.04. The second-order valence-corrected chi connectivity index (χ2v) is 8.62. The fraction of sp³-hybridized carbons (Fsp3) is 0.560. The lowest BCUT2D eigenvalue weighted by atomic mass is 10.2. The van der Waals surface area contributed by atoms with Crippen molar-refractivity contribution in [1.82, 2.24) is 14.7 Å². The Balaban J connectivity index is 3.25. The molecular formula is C25H39ClN4O5. The number of hydrogen-bond donors (Lipinski definition) is 1. The summed E-state index contributed by atoms with van der Waals surface area (Å²) in [6, 6.07) is 7.24. The van der Waals surface area contributed by atoms with Gasteiger partial charge in [-0.2, -0.15) is 0 Å². The average Bonchev–Trinajstić information content (AvgIpc) is 2.85. The molecule has 0 radical (unpaired) electrons. The number of ether oxygens (including phenoxy) is 2. The molecule has 0 aliphatic rings.